The molecule has 50 heavy (non-hydrogen) atoms. The van der Waals surface area contributed by atoms with E-state index in [1.165, 1.54) is 18.2 Å². The molecule has 4 aromatic rings. The van der Waals surface area contributed by atoms with Crippen molar-refractivity contribution in [1.29, 1.82) is 0 Å². The molecule has 3 aliphatic rings. The van der Waals surface area contributed by atoms with Gasteiger partial charge in [0.15, 0.2) is 12.3 Å². The van der Waals surface area contributed by atoms with Crippen LogP contribution in [0.2, 0.25) is 0 Å². The highest BCUT2D eigenvalue weighted by Gasteiger charge is 2.51. The molecule has 2 fully saturated rings. The molecule has 1 aromatic heterocycles. The van der Waals surface area contributed by atoms with E-state index >= 15 is 0 Å². The van der Waals surface area contributed by atoms with Crippen LogP contribution in [0.15, 0.2) is 70.1 Å². The van der Waals surface area contributed by atoms with Gasteiger partial charge < -0.3 is 23.2 Å². The largest absolute Gasteiger partial charge is 0.473 e. The van der Waals surface area contributed by atoms with Gasteiger partial charge in [-0.15, -0.1) is 0 Å². The number of aryl methyl sites for hydroxylation is 1. The minimum atomic E-state index is -4.47. The first-order valence-corrected chi connectivity index (χ1v) is 18.4. The molecule has 13 heteroatoms. The number of fused-ring (bicyclic) bond motifs is 2. The predicted molar refractivity (Wildman–Crippen MR) is 179 cm³/mol. The molecule has 266 valence electrons. The molecule has 0 radical (unpaired) electrons. The molecule has 0 spiro atoms. The maximum atomic E-state index is 14.2. The topological polar surface area (TPSA) is 102 Å². The predicted octanol–water partition coefficient (Wildman–Crippen LogP) is 7.68. The Balaban J connectivity index is 1.01. The smallest absolute Gasteiger partial charge is 0.416 e. The van der Waals surface area contributed by atoms with Gasteiger partial charge in [0.25, 0.3) is 5.88 Å². The number of halogens is 3. The molecule has 7 rings (SSSR count). The van der Waals surface area contributed by atoms with E-state index < -0.39 is 27.3 Å². The summed E-state index contributed by atoms with van der Waals surface area (Å²) in [5.74, 6) is 0.507. The molecule has 1 aliphatic carbocycles. The van der Waals surface area contributed by atoms with Gasteiger partial charge in [-0.1, -0.05) is 37.6 Å². The van der Waals surface area contributed by atoms with Gasteiger partial charge in [0.2, 0.25) is 5.91 Å². The van der Waals surface area contributed by atoms with Crippen molar-refractivity contribution in [1.82, 2.24) is 15.0 Å². The van der Waals surface area contributed by atoms with Crippen LogP contribution >= 0.6 is 0 Å². The van der Waals surface area contributed by atoms with Gasteiger partial charge in [0, 0.05) is 11.6 Å². The van der Waals surface area contributed by atoms with Crippen LogP contribution in [0, 0.1) is 18.3 Å². The number of likely N-dealkylation sites (tertiary alicyclic amines) is 1. The van der Waals surface area contributed by atoms with Gasteiger partial charge in [-0.25, -0.2) is 0 Å². The minimum Gasteiger partial charge on any atom is -0.473 e. The molecule has 2 atom stereocenters. The number of rotatable bonds is 7. The Labute approximate surface area is 289 Å². The van der Waals surface area contributed by atoms with Crippen LogP contribution in [0.3, 0.4) is 0 Å². The molecule has 1 saturated heterocycles. The van der Waals surface area contributed by atoms with E-state index in [1.807, 2.05) is 19.1 Å². The van der Waals surface area contributed by atoms with Gasteiger partial charge in [-0.2, -0.15) is 21.6 Å². The Morgan fingerprint density at radius 2 is 1.76 bits per heavy atom. The summed E-state index contributed by atoms with van der Waals surface area (Å²) in [6.07, 6.45) is -0.460. The second-order valence-electron chi connectivity index (χ2n) is 14.2. The highest BCUT2D eigenvalue weighted by atomic mass is 32.2. The number of nitrogens with zero attached hydrogens (tertiary/aromatic N) is 3. The number of benzene rings is 3. The molecule has 1 saturated carbocycles. The van der Waals surface area contributed by atoms with Crippen molar-refractivity contribution in [2.75, 3.05) is 19.8 Å². The first-order chi connectivity index (χ1) is 23.7. The maximum Gasteiger partial charge on any atom is 0.416 e. The highest BCUT2D eigenvalue weighted by Crippen LogP contribution is 2.49. The number of carbonyl (C=O) groups is 1. The number of alkyl halides is 3. The van der Waals surface area contributed by atoms with Crippen molar-refractivity contribution in [3.05, 3.63) is 82.9 Å². The Hall–Kier alpha value is -4.10. The lowest BCUT2D eigenvalue weighted by Gasteiger charge is -2.41. The molecule has 3 aromatic carbocycles. The fourth-order valence-corrected chi connectivity index (χ4v) is 8.79. The Morgan fingerprint density at radius 3 is 2.46 bits per heavy atom. The van der Waals surface area contributed by atoms with Gasteiger partial charge in [-0.3, -0.25) is 4.79 Å². The summed E-state index contributed by atoms with van der Waals surface area (Å²) in [7, 11) is -4.10. The SMILES string of the molecule is Cc1ccc(S(=O)(=O)Oc2noc3ccc(C4CCN([C@@H]5CC[C@@](C(=O)N6COc7ccc(C(F)(F)F)cc7C6)(C(C)C)C5)CC4)cc23)cc1. The van der Waals surface area contributed by atoms with E-state index in [0.717, 1.165) is 55.6 Å². The standard InChI is InChI=1S/C37H40F3N3O6S/c1-23(2)36(35(44)43-21-27-18-28(37(38,39)40)7-11-32(27)47-22-43)15-12-29(20-36)42-16-13-25(14-17-42)26-6-10-33-31(19-26)34(41-48-33)49-50(45,46)30-8-4-24(3)5-9-30/h4-11,18-19,23,25,29H,12-17,20-22H2,1-3H3/t29-,36+/m1/s1. The normalized spacial score (nSPS) is 22.1. The van der Waals surface area contributed by atoms with Crippen LogP contribution in [0.4, 0.5) is 13.2 Å². The first kappa shape index (κ1) is 34.4. The van der Waals surface area contributed by atoms with Crippen molar-refractivity contribution in [3.63, 3.8) is 0 Å². The maximum absolute atomic E-state index is 14.2. The number of hydrogen-bond donors (Lipinski definition) is 0. The molecule has 3 heterocycles. The van der Waals surface area contributed by atoms with E-state index in [0.29, 0.717) is 35.1 Å². The van der Waals surface area contributed by atoms with Crippen LogP contribution in [-0.4, -0.2) is 55.1 Å². The van der Waals surface area contributed by atoms with Crippen LogP contribution < -0.4 is 8.92 Å². The molecule has 2 aliphatic heterocycles. The van der Waals surface area contributed by atoms with E-state index in [2.05, 4.69) is 23.9 Å². The average Bonchev–Trinajstić information content (AvgIpc) is 3.73. The van der Waals surface area contributed by atoms with Crippen molar-refractivity contribution in [2.24, 2.45) is 11.3 Å². The summed E-state index contributed by atoms with van der Waals surface area (Å²) in [5.41, 5.74) is 1.40. The monoisotopic (exact) mass is 711 g/mol. The molecule has 9 nitrogen and oxygen atoms in total. The van der Waals surface area contributed by atoms with E-state index in [9.17, 15) is 26.4 Å². The quantitative estimate of drug-likeness (QED) is 0.180. The summed E-state index contributed by atoms with van der Waals surface area (Å²) in [5, 5.41) is 4.40. The Morgan fingerprint density at radius 1 is 1.02 bits per heavy atom. The number of aromatic nitrogens is 1. The molecular formula is C37H40F3N3O6S. The number of hydrogen-bond acceptors (Lipinski definition) is 8. The lowest BCUT2D eigenvalue weighted by Crippen LogP contribution is -2.49. The zero-order chi connectivity index (χ0) is 35.4. The third-order valence-electron chi connectivity index (χ3n) is 10.9. The summed E-state index contributed by atoms with van der Waals surface area (Å²) < 4.78 is 82.6. The van der Waals surface area contributed by atoms with Crippen LogP contribution in [0.5, 0.6) is 11.6 Å². The number of amides is 1. The second-order valence-corrected chi connectivity index (χ2v) is 15.8. The average molecular weight is 712 g/mol. The van der Waals surface area contributed by atoms with E-state index in [-0.39, 0.29) is 47.8 Å². The van der Waals surface area contributed by atoms with E-state index in [4.69, 9.17) is 13.4 Å². The van der Waals surface area contributed by atoms with Crippen molar-refractivity contribution < 1.29 is 39.8 Å². The summed E-state index contributed by atoms with van der Waals surface area (Å²) in [4.78, 5) is 18.2. The lowest BCUT2D eigenvalue weighted by atomic mass is 9.74. The molecule has 0 N–H and O–H groups in total. The van der Waals surface area contributed by atoms with Crippen LogP contribution in [-0.2, 0) is 27.6 Å². The molecule has 1 amide bonds. The minimum absolute atomic E-state index is 0.0168. The molecular weight excluding hydrogens is 671 g/mol. The number of piperidine rings is 1. The first-order valence-electron chi connectivity index (χ1n) is 17.0. The van der Waals surface area contributed by atoms with Gasteiger partial charge in [0.05, 0.1) is 22.9 Å². The Kier molecular flexibility index (Phi) is 8.86. The summed E-state index contributed by atoms with van der Waals surface area (Å²) >= 11 is 0. The lowest BCUT2D eigenvalue weighted by molar-refractivity contribution is -0.150. The third-order valence-corrected chi connectivity index (χ3v) is 12.2. The van der Waals surface area contributed by atoms with Gasteiger partial charge in [-0.05, 0) is 117 Å². The highest BCUT2D eigenvalue weighted by molar-refractivity contribution is 7.87. The van der Waals surface area contributed by atoms with Crippen molar-refractivity contribution >= 4 is 27.0 Å². The summed E-state index contributed by atoms with van der Waals surface area (Å²) in [6.45, 7) is 7.76. The van der Waals surface area contributed by atoms with Gasteiger partial charge >= 0.3 is 16.3 Å². The number of ether oxygens (including phenoxy) is 1. The van der Waals surface area contributed by atoms with E-state index in [1.54, 1.807) is 23.1 Å². The van der Waals surface area contributed by atoms with Gasteiger partial charge in [0.1, 0.15) is 10.6 Å². The van der Waals surface area contributed by atoms with Crippen LogP contribution in [0.25, 0.3) is 11.0 Å². The fraction of sp³-hybridized carbons (Fsp3) is 0.459. The zero-order valence-electron chi connectivity index (χ0n) is 28.2. The second kappa shape index (κ2) is 12.9. The van der Waals surface area contributed by atoms with Crippen molar-refractivity contribution in [2.45, 2.75) is 82.5 Å². The zero-order valence-corrected chi connectivity index (χ0v) is 29.0. The third kappa shape index (κ3) is 6.45. The van der Waals surface area contributed by atoms with Crippen LogP contribution in [0.1, 0.15) is 74.1 Å². The van der Waals surface area contributed by atoms with Crippen molar-refractivity contribution in [3.8, 4) is 11.6 Å². The molecule has 0 unspecified atom stereocenters. The fourth-order valence-electron chi connectivity index (χ4n) is 7.89. The number of carbonyl (C=O) groups excluding carboxylic acids is 1. The Bertz CT molecular complexity index is 2000. The summed E-state index contributed by atoms with van der Waals surface area (Å²) in [6, 6.07) is 15.7. The molecule has 0 bridgehead atoms.